The lowest BCUT2D eigenvalue weighted by Gasteiger charge is -2.00. The summed E-state index contributed by atoms with van der Waals surface area (Å²) in [5, 5.41) is 3.25. The molecular formula is C12H7N2. The van der Waals surface area contributed by atoms with Gasteiger partial charge in [-0.1, -0.05) is 18.2 Å². The van der Waals surface area contributed by atoms with Crippen molar-refractivity contribution in [3.05, 3.63) is 48.9 Å². The van der Waals surface area contributed by atoms with Crippen molar-refractivity contribution in [3.8, 4) is 0 Å². The summed E-state index contributed by atoms with van der Waals surface area (Å²) in [5.41, 5.74) is 0.970. The first-order valence-electron chi connectivity index (χ1n) is 4.45. The Hall–Kier alpha value is -1.96. The fraction of sp³-hybridized carbons (Fsp3) is 0. The van der Waals surface area contributed by atoms with Crippen LogP contribution in [-0.2, 0) is 0 Å². The minimum atomic E-state index is 0.970. The van der Waals surface area contributed by atoms with Crippen molar-refractivity contribution in [1.82, 2.24) is 9.97 Å². The maximum absolute atomic E-state index is 4.34. The Bertz CT molecular complexity index is 547. The number of aromatic nitrogens is 2. The second-order valence-corrected chi connectivity index (χ2v) is 3.16. The van der Waals surface area contributed by atoms with E-state index >= 15 is 0 Å². The Labute approximate surface area is 81.2 Å². The van der Waals surface area contributed by atoms with Crippen LogP contribution in [0.1, 0.15) is 0 Å². The van der Waals surface area contributed by atoms with E-state index in [-0.39, 0.29) is 0 Å². The zero-order valence-corrected chi connectivity index (χ0v) is 7.44. The van der Waals surface area contributed by atoms with Crippen LogP contribution < -0.4 is 0 Å². The zero-order valence-electron chi connectivity index (χ0n) is 7.44. The van der Waals surface area contributed by atoms with Crippen LogP contribution in [-0.4, -0.2) is 9.97 Å². The minimum Gasteiger partial charge on any atom is -0.256 e. The molecule has 0 N–H and O–H groups in total. The molecule has 3 rings (SSSR count). The molecule has 0 atom stereocenters. The number of hydrogen-bond acceptors (Lipinski definition) is 2. The molecule has 0 aliphatic carbocycles. The van der Waals surface area contributed by atoms with Gasteiger partial charge in [0.15, 0.2) is 0 Å². The van der Waals surface area contributed by atoms with E-state index in [1.807, 2.05) is 18.2 Å². The predicted octanol–water partition coefficient (Wildman–Crippen LogP) is 2.58. The van der Waals surface area contributed by atoms with E-state index in [1.54, 1.807) is 12.4 Å². The molecule has 2 heteroatoms. The molecule has 1 aromatic carbocycles. The topological polar surface area (TPSA) is 25.8 Å². The van der Waals surface area contributed by atoms with Gasteiger partial charge in [0.05, 0.1) is 11.7 Å². The zero-order chi connectivity index (χ0) is 9.38. The van der Waals surface area contributed by atoms with Gasteiger partial charge < -0.3 is 0 Å². The van der Waals surface area contributed by atoms with Crippen LogP contribution in [0.2, 0.25) is 0 Å². The second kappa shape index (κ2) is 2.77. The number of benzene rings is 1. The van der Waals surface area contributed by atoms with Gasteiger partial charge in [-0.25, -0.2) is 0 Å². The first-order chi connectivity index (χ1) is 6.95. The molecule has 0 spiro atoms. The van der Waals surface area contributed by atoms with Crippen molar-refractivity contribution in [3.63, 3.8) is 0 Å². The molecular weight excluding hydrogens is 172 g/mol. The molecule has 2 aromatic heterocycles. The van der Waals surface area contributed by atoms with E-state index < -0.39 is 0 Å². The highest BCUT2D eigenvalue weighted by Crippen LogP contribution is 2.21. The third kappa shape index (κ3) is 0.973. The molecule has 0 amide bonds. The van der Waals surface area contributed by atoms with Gasteiger partial charge in [0, 0.05) is 23.2 Å². The lowest BCUT2D eigenvalue weighted by molar-refractivity contribution is 1.34. The average Bonchev–Trinajstić information content (AvgIpc) is 2.29. The Morgan fingerprint density at radius 1 is 0.929 bits per heavy atom. The number of pyridine rings is 2. The van der Waals surface area contributed by atoms with E-state index in [9.17, 15) is 0 Å². The van der Waals surface area contributed by atoms with Crippen molar-refractivity contribution in [2.45, 2.75) is 0 Å². The highest BCUT2D eigenvalue weighted by Gasteiger charge is 1.99. The molecule has 0 bridgehead atoms. The van der Waals surface area contributed by atoms with Crippen molar-refractivity contribution < 1.29 is 0 Å². The maximum Gasteiger partial charge on any atom is 0.0993 e. The van der Waals surface area contributed by atoms with E-state index in [0.717, 1.165) is 21.7 Å². The summed E-state index contributed by atoms with van der Waals surface area (Å²) in [7, 11) is 0. The van der Waals surface area contributed by atoms with E-state index in [4.69, 9.17) is 0 Å². The third-order valence-electron chi connectivity index (χ3n) is 2.31. The van der Waals surface area contributed by atoms with Crippen LogP contribution in [0.4, 0.5) is 0 Å². The summed E-state index contributed by atoms with van der Waals surface area (Å²) in [4.78, 5) is 8.34. The molecule has 0 aliphatic rings. The van der Waals surface area contributed by atoms with Crippen LogP contribution in [0.25, 0.3) is 21.7 Å². The number of hydrogen-bond donors (Lipinski definition) is 0. The van der Waals surface area contributed by atoms with Gasteiger partial charge in [-0.2, -0.15) is 0 Å². The van der Waals surface area contributed by atoms with Gasteiger partial charge >= 0.3 is 0 Å². The SMILES string of the molecule is [c]1nccc2ccc3cccnc3c12. The molecule has 0 saturated heterocycles. The van der Waals surface area contributed by atoms with E-state index in [2.05, 4.69) is 28.3 Å². The molecule has 0 fully saturated rings. The predicted molar refractivity (Wildman–Crippen MR) is 55.9 cm³/mol. The first kappa shape index (κ1) is 7.44. The fourth-order valence-corrected chi connectivity index (χ4v) is 1.64. The molecule has 14 heavy (non-hydrogen) atoms. The van der Waals surface area contributed by atoms with Gasteiger partial charge in [-0.15, -0.1) is 0 Å². The van der Waals surface area contributed by atoms with Crippen LogP contribution in [0.15, 0.2) is 42.7 Å². The Kier molecular flexibility index (Phi) is 1.47. The largest absolute Gasteiger partial charge is 0.256 e. The average molecular weight is 179 g/mol. The molecule has 65 valence electrons. The monoisotopic (exact) mass is 179 g/mol. The number of nitrogens with zero attached hydrogens (tertiary/aromatic N) is 2. The maximum atomic E-state index is 4.34. The van der Waals surface area contributed by atoms with E-state index in [1.165, 1.54) is 0 Å². The quantitative estimate of drug-likeness (QED) is 0.496. The van der Waals surface area contributed by atoms with Gasteiger partial charge in [0.2, 0.25) is 0 Å². The molecule has 2 nitrogen and oxygen atoms in total. The smallest absolute Gasteiger partial charge is 0.0993 e. The lowest BCUT2D eigenvalue weighted by atomic mass is 10.1. The molecule has 3 aromatic rings. The van der Waals surface area contributed by atoms with Crippen LogP contribution in [0, 0.1) is 6.20 Å². The van der Waals surface area contributed by atoms with Gasteiger partial charge in [-0.05, 0) is 17.5 Å². The third-order valence-corrected chi connectivity index (χ3v) is 2.31. The van der Waals surface area contributed by atoms with Crippen molar-refractivity contribution in [1.29, 1.82) is 0 Å². The summed E-state index contributed by atoms with van der Waals surface area (Å²) < 4.78 is 0. The van der Waals surface area contributed by atoms with Crippen molar-refractivity contribution in [2.24, 2.45) is 0 Å². The molecule has 0 aliphatic heterocycles. The van der Waals surface area contributed by atoms with Gasteiger partial charge in [-0.3, -0.25) is 9.97 Å². The van der Waals surface area contributed by atoms with Crippen molar-refractivity contribution in [2.75, 3.05) is 0 Å². The number of fused-ring (bicyclic) bond motifs is 3. The Morgan fingerprint density at radius 3 is 2.86 bits per heavy atom. The summed E-state index contributed by atoms with van der Waals surface area (Å²) in [6.07, 6.45) is 6.52. The summed E-state index contributed by atoms with van der Waals surface area (Å²) >= 11 is 0. The van der Waals surface area contributed by atoms with Gasteiger partial charge in [0.25, 0.3) is 0 Å². The highest BCUT2D eigenvalue weighted by atomic mass is 14.7. The summed E-state index contributed by atoms with van der Waals surface area (Å²) in [5.74, 6) is 0. The summed E-state index contributed by atoms with van der Waals surface area (Å²) in [6.45, 7) is 0. The molecule has 0 unspecified atom stereocenters. The van der Waals surface area contributed by atoms with Crippen molar-refractivity contribution >= 4 is 21.7 Å². The van der Waals surface area contributed by atoms with E-state index in [0.29, 0.717) is 0 Å². The highest BCUT2D eigenvalue weighted by molar-refractivity contribution is 6.04. The molecule has 1 radical (unpaired) electrons. The van der Waals surface area contributed by atoms with Crippen LogP contribution in [0.5, 0.6) is 0 Å². The van der Waals surface area contributed by atoms with Gasteiger partial charge in [0.1, 0.15) is 0 Å². The summed E-state index contributed by atoms with van der Waals surface area (Å²) in [6, 6.07) is 10.1. The number of rotatable bonds is 0. The first-order valence-corrected chi connectivity index (χ1v) is 4.45. The molecule has 2 heterocycles. The second-order valence-electron chi connectivity index (χ2n) is 3.16. The normalized spacial score (nSPS) is 10.9. The molecule has 0 saturated carbocycles. The Morgan fingerprint density at radius 2 is 1.86 bits per heavy atom. The Balaban J connectivity index is 2.61. The fourth-order valence-electron chi connectivity index (χ4n) is 1.64. The lowest BCUT2D eigenvalue weighted by Crippen LogP contribution is -1.82. The standard InChI is InChI=1S/C12H7N2/c1-2-10-4-3-9-5-7-13-8-11(9)12(10)14-6-1/h1-7H. The minimum absolute atomic E-state index is 0.970. The van der Waals surface area contributed by atoms with Crippen LogP contribution >= 0.6 is 0 Å². The van der Waals surface area contributed by atoms with Crippen LogP contribution in [0.3, 0.4) is 0 Å².